The van der Waals surface area contributed by atoms with Crippen molar-refractivity contribution in [1.82, 2.24) is 4.90 Å². The number of alkyl halides is 2. The number of hydrogen-bond donors (Lipinski definition) is 0. The predicted octanol–water partition coefficient (Wildman–Crippen LogP) is 2.19. The number of ether oxygens (including phenoxy) is 2. The van der Waals surface area contributed by atoms with Crippen molar-refractivity contribution in [3.8, 4) is 0 Å². The summed E-state index contributed by atoms with van der Waals surface area (Å²) in [5.74, 6) is -4.56. The smallest absolute Gasteiger partial charge is 0.413 e. The molecule has 0 spiro atoms. The molecular weight excluding hydrogens is 260 g/mol. The van der Waals surface area contributed by atoms with Gasteiger partial charge in [0.15, 0.2) is 6.17 Å². The molecule has 0 aromatic carbocycles. The molecular formula is C12H19F2NO4. The summed E-state index contributed by atoms with van der Waals surface area (Å²) in [5, 5.41) is 0. The fourth-order valence-electron chi connectivity index (χ4n) is 2.03. The Hall–Kier alpha value is -1.40. The fraction of sp³-hybridized carbons (Fsp3) is 0.833. The van der Waals surface area contributed by atoms with E-state index in [0.29, 0.717) is 4.90 Å². The number of likely N-dealkylation sites (tertiary alicyclic amines) is 1. The first-order chi connectivity index (χ1) is 8.54. The summed E-state index contributed by atoms with van der Waals surface area (Å²) in [5.41, 5.74) is -0.873. The van der Waals surface area contributed by atoms with E-state index in [4.69, 9.17) is 4.74 Å². The SMILES string of the molecule is COC(=O)C1(F)[C@@H](F)C[C@@H](C)N1C(=O)OC(C)(C)C. The normalized spacial score (nSPS) is 31.2. The van der Waals surface area contributed by atoms with E-state index in [0.717, 1.165) is 7.11 Å². The van der Waals surface area contributed by atoms with Crippen molar-refractivity contribution in [3.05, 3.63) is 0 Å². The molecule has 0 aromatic rings. The van der Waals surface area contributed by atoms with E-state index in [1.54, 1.807) is 20.8 Å². The van der Waals surface area contributed by atoms with Crippen molar-refractivity contribution < 1.29 is 27.8 Å². The summed E-state index contributed by atoms with van der Waals surface area (Å²) in [4.78, 5) is 23.9. The van der Waals surface area contributed by atoms with Crippen molar-refractivity contribution in [2.24, 2.45) is 0 Å². The zero-order chi connectivity index (χ0) is 15.0. The molecule has 0 radical (unpaired) electrons. The lowest BCUT2D eigenvalue weighted by atomic mass is 10.1. The minimum absolute atomic E-state index is 0.287. The van der Waals surface area contributed by atoms with Gasteiger partial charge in [-0.15, -0.1) is 0 Å². The number of esters is 1. The first-order valence-corrected chi connectivity index (χ1v) is 5.97. The van der Waals surface area contributed by atoms with Gasteiger partial charge in [-0.1, -0.05) is 0 Å². The molecule has 1 saturated heterocycles. The number of halogens is 2. The van der Waals surface area contributed by atoms with Crippen molar-refractivity contribution in [1.29, 1.82) is 0 Å². The Kier molecular flexibility index (Phi) is 4.07. The molecule has 1 amide bonds. The molecule has 1 rings (SSSR count). The molecule has 0 bridgehead atoms. The van der Waals surface area contributed by atoms with Gasteiger partial charge in [0, 0.05) is 12.5 Å². The minimum atomic E-state index is -3.13. The molecule has 0 aromatic heterocycles. The maximum absolute atomic E-state index is 14.6. The Morgan fingerprint density at radius 2 is 1.89 bits per heavy atom. The maximum Gasteiger partial charge on any atom is 0.413 e. The van der Waals surface area contributed by atoms with Crippen LogP contribution in [0.5, 0.6) is 0 Å². The number of amides is 1. The molecule has 3 atom stereocenters. The van der Waals surface area contributed by atoms with E-state index in [-0.39, 0.29) is 6.42 Å². The van der Waals surface area contributed by atoms with Gasteiger partial charge in [0.1, 0.15) is 5.60 Å². The van der Waals surface area contributed by atoms with Crippen LogP contribution in [0.1, 0.15) is 34.1 Å². The molecule has 1 heterocycles. The van der Waals surface area contributed by atoms with Crippen LogP contribution in [-0.2, 0) is 14.3 Å². The third-order valence-electron chi connectivity index (χ3n) is 2.82. The minimum Gasteiger partial charge on any atom is -0.465 e. The van der Waals surface area contributed by atoms with Crippen LogP contribution in [0.15, 0.2) is 0 Å². The molecule has 5 nitrogen and oxygen atoms in total. The number of nitrogens with zero attached hydrogens (tertiary/aromatic N) is 1. The zero-order valence-corrected chi connectivity index (χ0v) is 11.7. The molecule has 1 fully saturated rings. The molecule has 0 N–H and O–H groups in total. The topological polar surface area (TPSA) is 55.8 Å². The summed E-state index contributed by atoms with van der Waals surface area (Å²) in [7, 11) is 0.937. The lowest BCUT2D eigenvalue weighted by Gasteiger charge is -2.33. The van der Waals surface area contributed by atoms with Crippen LogP contribution in [0.3, 0.4) is 0 Å². The summed E-state index contributed by atoms with van der Waals surface area (Å²) in [6.45, 7) is 6.23. The maximum atomic E-state index is 14.6. The summed E-state index contributed by atoms with van der Waals surface area (Å²) < 4.78 is 37.7. The van der Waals surface area contributed by atoms with Gasteiger partial charge in [-0.3, -0.25) is 4.90 Å². The molecule has 1 aliphatic heterocycles. The van der Waals surface area contributed by atoms with Crippen LogP contribution in [0.25, 0.3) is 0 Å². The van der Waals surface area contributed by atoms with Crippen LogP contribution < -0.4 is 0 Å². The Morgan fingerprint density at radius 1 is 1.37 bits per heavy atom. The van der Waals surface area contributed by atoms with Crippen LogP contribution in [0.4, 0.5) is 13.6 Å². The van der Waals surface area contributed by atoms with Crippen molar-refractivity contribution >= 4 is 12.1 Å². The van der Waals surface area contributed by atoms with Crippen molar-refractivity contribution in [2.75, 3.05) is 7.11 Å². The van der Waals surface area contributed by atoms with Crippen LogP contribution in [-0.4, -0.2) is 47.7 Å². The standard InChI is InChI=1S/C12H19F2NO4/c1-7-6-8(13)12(14,9(16)18-5)15(7)10(17)19-11(2,3)4/h7-8H,6H2,1-5H3/t7-,8+,12?/m1/s1. The van der Waals surface area contributed by atoms with Crippen molar-refractivity contribution in [3.63, 3.8) is 0 Å². The third-order valence-corrected chi connectivity index (χ3v) is 2.82. The van der Waals surface area contributed by atoms with E-state index < -0.39 is 35.7 Å². The van der Waals surface area contributed by atoms with Gasteiger partial charge in [0.05, 0.1) is 7.11 Å². The third kappa shape index (κ3) is 2.79. The van der Waals surface area contributed by atoms with Gasteiger partial charge in [-0.25, -0.2) is 18.4 Å². The molecule has 0 aliphatic carbocycles. The molecule has 1 unspecified atom stereocenters. The number of hydrogen-bond acceptors (Lipinski definition) is 4. The van der Waals surface area contributed by atoms with Gasteiger partial charge >= 0.3 is 17.9 Å². The first-order valence-electron chi connectivity index (χ1n) is 5.97. The Bertz CT molecular complexity index is 382. The first kappa shape index (κ1) is 15.7. The highest BCUT2D eigenvalue weighted by Gasteiger charge is 2.63. The lowest BCUT2D eigenvalue weighted by Crippen LogP contribution is -2.57. The van der Waals surface area contributed by atoms with Gasteiger partial charge < -0.3 is 9.47 Å². The van der Waals surface area contributed by atoms with E-state index in [2.05, 4.69) is 4.74 Å². The van der Waals surface area contributed by atoms with Crippen molar-refractivity contribution in [2.45, 2.75) is 57.7 Å². The van der Waals surface area contributed by atoms with Gasteiger partial charge in [-0.05, 0) is 27.7 Å². The highest BCUT2D eigenvalue weighted by molar-refractivity contribution is 5.86. The summed E-state index contributed by atoms with van der Waals surface area (Å²) >= 11 is 0. The Morgan fingerprint density at radius 3 is 2.32 bits per heavy atom. The predicted molar refractivity (Wildman–Crippen MR) is 62.9 cm³/mol. The second-order valence-corrected chi connectivity index (χ2v) is 5.57. The largest absolute Gasteiger partial charge is 0.465 e. The average Bonchev–Trinajstić information content (AvgIpc) is 2.47. The van der Waals surface area contributed by atoms with Crippen LogP contribution in [0.2, 0.25) is 0 Å². The summed E-state index contributed by atoms with van der Waals surface area (Å²) in [6, 6.07) is -0.797. The summed E-state index contributed by atoms with van der Waals surface area (Å²) in [6.07, 6.45) is -3.50. The molecule has 110 valence electrons. The molecule has 0 saturated carbocycles. The van der Waals surface area contributed by atoms with E-state index in [1.165, 1.54) is 6.92 Å². The van der Waals surface area contributed by atoms with E-state index in [9.17, 15) is 18.4 Å². The number of methoxy groups -OCH3 is 1. The van der Waals surface area contributed by atoms with Gasteiger partial charge in [-0.2, -0.15) is 0 Å². The second kappa shape index (κ2) is 4.94. The zero-order valence-electron chi connectivity index (χ0n) is 11.7. The molecule has 19 heavy (non-hydrogen) atoms. The van der Waals surface area contributed by atoms with Crippen LogP contribution in [0, 0.1) is 0 Å². The van der Waals surface area contributed by atoms with E-state index >= 15 is 0 Å². The average molecular weight is 279 g/mol. The highest BCUT2D eigenvalue weighted by atomic mass is 19.2. The fourth-order valence-corrected chi connectivity index (χ4v) is 2.03. The molecule has 1 aliphatic rings. The second-order valence-electron chi connectivity index (χ2n) is 5.57. The monoisotopic (exact) mass is 279 g/mol. The Labute approximate surface area is 110 Å². The number of rotatable bonds is 1. The Balaban J connectivity index is 3.08. The highest BCUT2D eigenvalue weighted by Crippen LogP contribution is 2.39. The van der Waals surface area contributed by atoms with Gasteiger partial charge in [0.25, 0.3) is 0 Å². The van der Waals surface area contributed by atoms with E-state index in [1.807, 2.05) is 0 Å². The van der Waals surface area contributed by atoms with Crippen LogP contribution >= 0.6 is 0 Å². The van der Waals surface area contributed by atoms with Gasteiger partial charge in [0.2, 0.25) is 0 Å². The number of carbonyl (C=O) groups is 2. The quantitative estimate of drug-likeness (QED) is 0.545. The molecule has 7 heteroatoms. The number of carbonyl (C=O) groups excluding carboxylic acids is 2. The lowest BCUT2D eigenvalue weighted by molar-refractivity contribution is -0.172.